The first-order valence-electron chi connectivity index (χ1n) is 8.75. The maximum Gasteiger partial charge on any atom is 0.0746 e. The van der Waals surface area contributed by atoms with Gasteiger partial charge in [-0.25, -0.2) is 0 Å². The SMILES string of the molecule is Cc1cc(CN2C[C@H]3[C@H](CN4CCCC4)CO[C@H]3C2)n(C)n1. The second kappa shape index (κ2) is 5.95. The molecule has 0 radical (unpaired) electrons. The Labute approximate surface area is 133 Å². The second-order valence-electron chi connectivity index (χ2n) is 7.40. The molecule has 0 N–H and O–H groups in total. The molecule has 3 atom stereocenters. The Kier molecular flexibility index (Phi) is 3.96. The highest BCUT2D eigenvalue weighted by Crippen LogP contribution is 2.35. The lowest BCUT2D eigenvalue weighted by Crippen LogP contribution is -2.32. The molecule has 0 bridgehead atoms. The minimum absolute atomic E-state index is 0.460. The summed E-state index contributed by atoms with van der Waals surface area (Å²) in [5.41, 5.74) is 2.42. The molecule has 5 nitrogen and oxygen atoms in total. The van der Waals surface area contributed by atoms with Gasteiger partial charge in [-0.15, -0.1) is 0 Å². The minimum atomic E-state index is 0.460. The van der Waals surface area contributed by atoms with Crippen LogP contribution in [0.15, 0.2) is 6.07 Å². The van der Waals surface area contributed by atoms with Crippen LogP contribution in [0, 0.1) is 18.8 Å². The molecule has 0 aromatic carbocycles. The van der Waals surface area contributed by atoms with Crippen LogP contribution in [-0.4, -0.2) is 65.0 Å². The lowest BCUT2D eigenvalue weighted by Gasteiger charge is -2.24. The number of hydrogen-bond donors (Lipinski definition) is 0. The maximum absolute atomic E-state index is 6.11. The molecule has 0 saturated carbocycles. The molecule has 22 heavy (non-hydrogen) atoms. The summed E-state index contributed by atoms with van der Waals surface area (Å²) in [4.78, 5) is 5.20. The first-order chi connectivity index (χ1) is 10.7. The molecule has 0 spiro atoms. The van der Waals surface area contributed by atoms with Gasteiger partial charge in [0, 0.05) is 45.1 Å². The van der Waals surface area contributed by atoms with Crippen LogP contribution < -0.4 is 0 Å². The Bertz CT molecular complexity index is 523. The summed E-state index contributed by atoms with van der Waals surface area (Å²) in [5, 5.41) is 4.46. The summed E-state index contributed by atoms with van der Waals surface area (Å²) in [6.07, 6.45) is 3.23. The highest BCUT2D eigenvalue weighted by Gasteiger charge is 2.44. The molecule has 0 amide bonds. The molecule has 3 aliphatic heterocycles. The van der Waals surface area contributed by atoms with E-state index in [0.717, 1.165) is 37.2 Å². The van der Waals surface area contributed by atoms with Crippen molar-refractivity contribution in [3.8, 4) is 0 Å². The van der Waals surface area contributed by atoms with Crippen molar-refractivity contribution in [1.82, 2.24) is 19.6 Å². The summed E-state index contributed by atoms with van der Waals surface area (Å²) >= 11 is 0. The van der Waals surface area contributed by atoms with Crippen LogP contribution in [0.5, 0.6) is 0 Å². The largest absolute Gasteiger partial charge is 0.376 e. The van der Waals surface area contributed by atoms with Crippen molar-refractivity contribution in [2.75, 3.05) is 39.3 Å². The monoisotopic (exact) mass is 304 g/mol. The number of nitrogens with zero attached hydrogens (tertiary/aromatic N) is 4. The van der Waals surface area contributed by atoms with Crippen LogP contribution in [0.1, 0.15) is 24.2 Å². The highest BCUT2D eigenvalue weighted by atomic mass is 16.5. The summed E-state index contributed by atoms with van der Waals surface area (Å²) in [6, 6.07) is 2.21. The molecule has 3 aliphatic rings. The van der Waals surface area contributed by atoms with E-state index in [1.165, 1.54) is 44.7 Å². The molecule has 4 rings (SSSR count). The van der Waals surface area contributed by atoms with Crippen molar-refractivity contribution in [1.29, 1.82) is 0 Å². The van der Waals surface area contributed by atoms with Crippen LogP contribution in [0.25, 0.3) is 0 Å². The van der Waals surface area contributed by atoms with Gasteiger partial charge in [-0.1, -0.05) is 0 Å². The third-order valence-electron chi connectivity index (χ3n) is 5.69. The van der Waals surface area contributed by atoms with E-state index in [-0.39, 0.29) is 0 Å². The number of aromatic nitrogens is 2. The predicted octanol–water partition coefficient (Wildman–Crippen LogP) is 1.27. The Morgan fingerprint density at radius 2 is 2.05 bits per heavy atom. The van der Waals surface area contributed by atoms with Gasteiger partial charge in [-0.2, -0.15) is 5.10 Å². The van der Waals surface area contributed by atoms with Gasteiger partial charge in [0.2, 0.25) is 0 Å². The third-order valence-corrected chi connectivity index (χ3v) is 5.69. The van der Waals surface area contributed by atoms with Gasteiger partial charge in [-0.3, -0.25) is 9.58 Å². The quantitative estimate of drug-likeness (QED) is 0.839. The van der Waals surface area contributed by atoms with E-state index in [9.17, 15) is 0 Å². The number of rotatable bonds is 4. The van der Waals surface area contributed by atoms with Crippen LogP contribution in [0.3, 0.4) is 0 Å². The van der Waals surface area contributed by atoms with Gasteiger partial charge in [0.05, 0.1) is 24.1 Å². The fourth-order valence-electron chi connectivity index (χ4n) is 4.54. The molecule has 0 unspecified atom stereocenters. The van der Waals surface area contributed by atoms with Gasteiger partial charge in [0.25, 0.3) is 0 Å². The fraction of sp³-hybridized carbons (Fsp3) is 0.824. The van der Waals surface area contributed by atoms with Crippen LogP contribution in [-0.2, 0) is 18.3 Å². The van der Waals surface area contributed by atoms with Gasteiger partial charge in [0.1, 0.15) is 0 Å². The highest BCUT2D eigenvalue weighted by molar-refractivity contribution is 5.09. The van der Waals surface area contributed by atoms with Crippen LogP contribution in [0.4, 0.5) is 0 Å². The average Bonchev–Trinajstić information content (AvgIpc) is 3.20. The zero-order chi connectivity index (χ0) is 15.1. The summed E-state index contributed by atoms with van der Waals surface area (Å²) < 4.78 is 8.13. The van der Waals surface area contributed by atoms with E-state index >= 15 is 0 Å². The van der Waals surface area contributed by atoms with Crippen LogP contribution >= 0.6 is 0 Å². The second-order valence-corrected chi connectivity index (χ2v) is 7.40. The van der Waals surface area contributed by atoms with E-state index in [0.29, 0.717) is 6.10 Å². The first kappa shape index (κ1) is 14.7. The normalized spacial score (nSPS) is 32.9. The molecule has 3 saturated heterocycles. The van der Waals surface area contributed by atoms with Crippen molar-refractivity contribution in [3.05, 3.63) is 17.5 Å². The van der Waals surface area contributed by atoms with Gasteiger partial charge in [0.15, 0.2) is 0 Å². The summed E-state index contributed by atoms with van der Waals surface area (Å²) in [7, 11) is 2.05. The Hall–Kier alpha value is -0.910. The smallest absolute Gasteiger partial charge is 0.0746 e. The first-order valence-corrected chi connectivity index (χ1v) is 8.75. The van der Waals surface area contributed by atoms with Crippen molar-refractivity contribution < 1.29 is 4.74 Å². The molecule has 0 aliphatic carbocycles. The van der Waals surface area contributed by atoms with E-state index in [1.54, 1.807) is 0 Å². The number of likely N-dealkylation sites (tertiary alicyclic amines) is 2. The summed E-state index contributed by atoms with van der Waals surface area (Å²) in [5.74, 6) is 1.47. The Morgan fingerprint density at radius 1 is 1.23 bits per heavy atom. The zero-order valence-electron chi connectivity index (χ0n) is 13.9. The van der Waals surface area contributed by atoms with E-state index in [4.69, 9.17) is 4.74 Å². The third kappa shape index (κ3) is 2.82. The minimum Gasteiger partial charge on any atom is -0.376 e. The van der Waals surface area contributed by atoms with Gasteiger partial charge in [-0.05, 0) is 38.9 Å². The molecule has 1 aromatic heterocycles. The Balaban J connectivity index is 1.36. The number of ether oxygens (including phenoxy) is 1. The molecule has 4 heterocycles. The fourth-order valence-corrected chi connectivity index (χ4v) is 4.54. The number of aryl methyl sites for hydroxylation is 2. The standard InChI is InChI=1S/C17H28N4O/c1-13-7-15(19(2)18-13)9-21-10-16-14(12-22-17(16)11-21)8-20-5-3-4-6-20/h7,14,16-17H,3-6,8-12H2,1-2H3/t14-,16+,17+/m1/s1. The molecule has 3 fully saturated rings. The molecule has 5 heteroatoms. The van der Waals surface area contributed by atoms with E-state index in [2.05, 4.69) is 27.9 Å². The van der Waals surface area contributed by atoms with Crippen LogP contribution in [0.2, 0.25) is 0 Å². The maximum atomic E-state index is 6.11. The molecule has 1 aromatic rings. The predicted molar refractivity (Wildman–Crippen MR) is 85.6 cm³/mol. The number of hydrogen-bond acceptors (Lipinski definition) is 4. The lowest BCUT2D eigenvalue weighted by molar-refractivity contribution is 0.0909. The van der Waals surface area contributed by atoms with Gasteiger partial charge >= 0.3 is 0 Å². The molecular formula is C17H28N4O. The molecular weight excluding hydrogens is 276 g/mol. The van der Waals surface area contributed by atoms with Crippen molar-refractivity contribution in [2.24, 2.45) is 18.9 Å². The van der Waals surface area contributed by atoms with Crippen molar-refractivity contribution >= 4 is 0 Å². The van der Waals surface area contributed by atoms with Gasteiger partial charge < -0.3 is 9.64 Å². The van der Waals surface area contributed by atoms with Crippen molar-refractivity contribution in [3.63, 3.8) is 0 Å². The summed E-state index contributed by atoms with van der Waals surface area (Å²) in [6.45, 7) is 10.2. The zero-order valence-corrected chi connectivity index (χ0v) is 13.9. The van der Waals surface area contributed by atoms with E-state index < -0.39 is 0 Å². The topological polar surface area (TPSA) is 33.5 Å². The Morgan fingerprint density at radius 3 is 2.77 bits per heavy atom. The lowest BCUT2D eigenvalue weighted by atomic mass is 9.93. The number of fused-ring (bicyclic) bond motifs is 1. The molecule has 122 valence electrons. The van der Waals surface area contributed by atoms with Crippen molar-refractivity contribution in [2.45, 2.75) is 32.4 Å². The van der Waals surface area contributed by atoms with E-state index in [1.807, 2.05) is 11.7 Å². The average molecular weight is 304 g/mol.